The molecule has 2 rings (SSSR count). The van der Waals surface area contributed by atoms with Gasteiger partial charge in [-0.3, -0.25) is 4.79 Å². The van der Waals surface area contributed by atoms with Crippen molar-refractivity contribution in [3.63, 3.8) is 0 Å². The minimum Gasteiger partial charge on any atom is -0.365 e. The first-order chi connectivity index (χ1) is 9.84. The monoisotopic (exact) mass is 317 g/mol. The lowest BCUT2D eigenvalue weighted by atomic mass is 9.99. The van der Waals surface area contributed by atoms with Crippen LogP contribution in [0.5, 0.6) is 0 Å². The van der Waals surface area contributed by atoms with Crippen molar-refractivity contribution in [2.24, 2.45) is 0 Å². The summed E-state index contributed by atoms with van der Waals surface area (Å²) in [6, 6.07) is 4.80. The average molecular weight is 317 g/mol. The van der Waals surface area contributed by atoms with Gasteiger partial charge in [0.2, 0.25) is 0 Å². The van der Waals surface area contributed by atoms with E-state index in [-0.39, 0.29) is 28.9 Å². The average Bonchev–Trinajstić information content (AvgIpc) is 2.71. The van der Waals surface area contributed by atoms with Gasteiger partial charge >= 0.3 is 6.18 Å². The van der Waals surface area contributed by atoms with Crippen LogP contribution in [0.1, 0.15) is 18.1 Å². The normalized spacial score (nSPS) is 19.3. The molecule has 0 aliphatic carbocycles. The van der Waals surface area contributed by atoms with Crippen molar-refractivity contribution in [2.45, 2.75) is 18.3 Å². The Kier molecular flexibility index (Phi) is 4.63. The number of ether oxygens (including phenoxy) is 1. The van der Waals surface area contributed by atoms with E-state index in [1.807, 2.05) is 0 Å². The van der Waals surface area contributed by atoms with Crippen LogP contribution in [0.2, 0.25) is 0 Å². The SMILES string of the molecule is COCNC1=C(c2cccc(C(F)(F)F)c2)C(=O)C(C)S1. The Labute approximate surface area is 124 Å². The summed E-state index contributed by atoms with van der Waals surface area (Å²) < 4.78 is 43.2. The van der Waals surface area contributed by atoms with Crippen molar-refractivity contribution >= 4 is 23.1 Å². The van der Waals surface area contributed by atoms with Crippen LogP contribution in [-0.2, 0) is 15.7 Å². The van der Waals surface area contributed by atoms with E-state index in [0.29, 0.717) is 5.03 Å². The van der Waals surface area contributed by atoms with Crippen LogP contribution >= 0.6 is 11.8 Å². The molecule has 0 saturated carbocycles. The Morgan fingerprint density at radius 1 is 1.38 bits per heavy atom. The highest BCUT2D eigenvalue weighted by atomic mass is 32.2. The molecule has 21 heavy (non-hydrogen) atoms. The number of hydrogen-bond donors (Lipinski definition) is 1. The third kappa shape index (κ3) is 3.41. The van der Waals surface area contributed by atoms with Gasteiger partial charge in [-0.25, -0.2) is 0 Å². The lowest BCUT2D eigenvalue weighted by molar-refractivity contribution is -0.137. The number of benzene rings is 1. The van der Waals surface area contributed by atoms with E-state index in [0.717, 1.165) is 12.1 Å². The van der Waals surface area contributed by atoms with Crippen LogP contribution in [0, 0.1) is 0 Å². The van der Waals surface area contributed by atoms with E-state index >= 15 is 0 Å². The highest BCUT2D eigenvalue weighted by Gasteiger charge is 2.34. The van der Waals surface area contributed by atoms with Crippen LogP contribution in [0.15, 0.2) is 29.3 Å². The van der Waals surface area contributed by atoms with E-state index in [1.54, 1.807) is 6.92 Å². The van der Waals surface area contributed by atoms with Crippen LogP contribution in [-0.4, -0.2) is 24.9 Å². The third-order valence-electron chi connectivity index (χ3n) is 2.99. The molecule has 114 valence electrons. The van der Waals surface area contributed by atoms with E-state index in [9.17, 15) is 18.0 Å². The number of carbonyl (C=O) groups excluding carboxylic acids is 1. The minimum absolute atomic E-state index is 0.182. The number of thioether (sulfide) groups is 1. The smallest absolute Gasteiger partial charge is 0.365 e. The number of halogens is 3. The summed E-state index contributed by atoms with van der Waals surface area (Å²) in [4.78, 5) is 12.2. The molecule has 0 aromatic heterocycles. The van der Waals surface area contributed by atoms with Gasteiger partial charge in [-0.05, 0) is 24.6 Å². The van der Waals surface area contributed by atoms with Gasteiger partial charge in [0.1, 0.15) is 6.73 Å². The minimum atomic E-state index is -4.43. The fourth-order valence-electron chi connectivity index (χ4n) is 2.00. The second-order valence-corrected chi connectivity index (χ2v) is 5.87. The van der Waals surface area contributed by atoms with Crippen LogP contribution in [0.3, 0.4) is 0 Å². The van der Waals surface area contributed by atoms with Crippen LogP contribution in [0.25, 0.3) is 5.57 Å². The molecule has 1 aliphatic heterocycles. The Balaban J connectivity index is 2.44. The zero-order valence-corrected chi connectivity index (χ0v) is 12.3. The first kappa shape index (κ1) is 15.9. The molecular weight excluding hydrogens is 303 g/mol. The second-order valence-electron chi connectivity index (χ2n) is 4.52. The molecule has 3 nitrogen and oxygen atoms in total. The molecule has 1 aromatic rings. The summed E-state index contributed by atoms with van der Waals surface area (Å²) in [6.07, 6.45) is -4.43. The van der Waals surface area contributed by atoms with Crippen LogP contribution in [0.4, 0.5) is 13.2 Å². The number of ketones is 1. The predicted molar refractivity (Wildman–Crippen MR) is 75.4 cm³/mol. The van der Waals surface area contributed by atoms with Crippen molar-refractivity contribution in [3.05, 3.63) is 40.4 Å². The van der Waals surface area contributed by atoms with Crippen molar-refractivity contribution in [1.29, 1.82) is 0 Å². The molecule has 0 spiro atoms. The molecule has 0 bridgehead atoms. The quantitative estimate of drug-likeness (QED) is 0.865. The van der Waals surface area contributed by atoms with Gasteiger partial charge in [-0.2, -0.15) is 13.2 Å². The fourth-order valence-corrected chi connectivity index (χ4v) is 3.05. The van der Waals surface area contributed by atoms with Crippen LogP contribution < -0.4 is 5.32 Å². The standard InChI is InChI=1S/C14H14F3NO2S/c1-8-12(19)11(13(21-8)18-7-20-2)9-4-3-5-10(6-9)14(15,16)17/h3-6,8,18H,7H2,1-2H3. The van der Waals surface area contributed by atoms with Gasteiger partial charge in [0.15, 0.2) is 5.78 Å². The lowest BCUT2D eigenvalue weighted by Gasteiger charge is -2.11. The van der Waals surface area contributed by atoms with Gasteiger partial charge < -0.3 is 10.1 Å². The number of Topliss-reactive ketones (excluding diaryl/α,β-unsaturated/α-hetero) is 1. The highest BCUT2D eigenvalue weighted by molar-refractivity contribution is 8.05. The third-order valence-corrected chi connectivity index (χ3v) is 4.14. The van der Waals surface area contributed by atoms with Gasteiger partial charge in [0.25, 0.3) is 0 Å². The second kappa shape index (κ2) is 6.11. The molecule has 0 fully saturated rings. The first-order valence-electron chi connectivity index (χ1n) is 6.20. The molecule has 0 radical (unpaired) electrons. The Morgan fingerprint density at radius 2 is 2.10 bits per heavy atom. The summed E-state index contributed by atoms with van der Waals surface area (Å²) in [5.74, 6) is -0.182. The number of hydrogen-bond acceptors (Lipinski definition) is 4. The maximum Gasteiger partial charge on any atom is 0.416 e. The molecule has 1 heterocycles. The molecule has 1 aliphatic rings. The van der Waals surface area contributed by atoms with E-state index in [4.69, 9.17) is 4.74 Å². The predicted octanol–water partition coefficient (Wildman–Crippen LogP) is 3.27. The van der Waals surface area contributed by atoms with Gasteiger partial charge in [-0.1, -0.05) is 23.9 Å². The van der Waals surface area contributed by atoms with E-state index in [2.05, 4.69) is 5.32 Å². The fraction of sp³-hybridized carbons (Fsp3) is 0.357. The number of allylic oxidation sites excluding steroid dienone is 1. The maximum atomic E-state index is 12.8. The molecule has 7 heteroatoms. The number of alkyl halides is 3. The summed E-state index contributed by atoms with van der Waals surface area (Å²) >= 11 is 1.29. The molecular formula is C14H14F3NO2S. The number of carbonyl (C=O) groups is 1. The summed E-state index contributed by atoms with van der Waals surface area (Å²) in [5, 5.41) is 3.14. The summed E-state index contributed by atoms with van der Waals surface area (Å²) in [5.41, 5.74) is -0.211. The molecule has 0 amide bonds. The van der Waals surface area contributed by atoms with Crippen molar-refractivity contribution in [2.75, 3.05) is 13.8 Å². The van der Waals surface area contributed by atoms with E-state index in [1.165, 1.54) is 31.0 Å². The zero-order valence-electron chi connectivity index (χ0n) is 11.5. The first-order valence-corrected chi connectivity index (χ1v) is 7.08. The summed E-state index contributed by atoms with van der Waals surface area (Å²) in [6.45, 7) is 1.91. The van der Waals surface area contributed by atoms with Crippen molar-refractivity contribution in [1.82, 2.24) is 5.32 Å². The highest BCUT2D eigenvalue weighted by Crippen LogP contribution is 2.40. The summed E-state index contributed by atoms with van der Waals surface area (Å²) in [7, 11) is 1.49. The largest absolute Gasteiger partial charge is 0.416 e. The number of rotatable bonds is 4. The molecule has 1 unspecified atom stereocenters. The molecule has 1 aromatic carbocycles. The number of nitrogens with one attached hydrogen (secondary N) is 1. The maximum absolute atomic E-state index is 12.8. The Bertz CT molecular complexity index is 584. The molecule has 1 atom stereocenters. The Hall–Kier alpha value is -1.47. The van der Waals surface area contributed by atoms with Crippen molar-refractivity contribution < 1.29 is 22.7 Å². The van der Waals surface area contributed by atoms with Gasteiger partial charge in [0.05, 0.1) is 21.4 Å². The van der Waals surface area contributed by atoms with E-state index < -0.39 is 11.7 Å². The zero-order chi connectivity index (χ0) is 15.6. The Morgan fingerprint density at radius 3 is 2.71 bits per heavy atom. The molecule has 0 saturated heterocycles. The van der Waals surface area contributed by atoms with Crippen molar-refractivity contribution in [3.8, 4) is 0 Å². The van der Waals surface area contributed by atoms with Gasteiger partial charge in [0, 0.05) is 7.11 Å². The number of methoxy groups -OCH3 is 1. The topological polar surface area (TPSA) is 38.3 Å². The lowest BCUT2D eigenvalue weighted by Crippen LogP contribution is -2.15. The molecule has 1 N–H and O–H groups in total. The van der Waals surface area contributed by atoms with Gasteiger partial charge in [-0.15, -0.1) is 0 Å².